The Morgan fingerprint density at radius 3 is 2.18 bits per heavy atom. The van der Waals surface area contributed by atoms with Crippen molar-refractivity contribution in [3.05, 3.63) is 35.9 Å². The minimum atomic E-state index is -3.75. The summed E-state index contributed by atoms with van der Waals surface area (Å²) in [4.78, 5) is 36.1. The molecule has 0 aliphatic rings. The van der Waals surface area contributed by atoms with Gasteiger partial charge in [0.25, 0.3) is 5.92 Å². The number of hydrogen-bond acceptors (Lipinski definition) is 5. The van der Waals surface area contributed by atoms with Crippen LogP contribution in [0.2, 0.25) is 0 Å². The summed E-state index contributed by atoms with van der Waals surface area (Å²) >= 11 is 0. The molecule has 0 saturated carbocycles. The molecule has 0 aliphatic carbocycles. The maximum atomic E-state index is 14.7. The standard InChI is InChI=1S/C24H37F2N3O5/c1-15(2)11-19(29-23(33)34-13-18-9-7-6-8-10-18)21(31)24(25,26)14-27-22(32)17(5)28-20(30)12-16(3)4/h6-10,15-17,19,21,31H,11-14H2,1-5H3,(H,27,32)(H,28,30)(H,29,33). The summed E-state index contributed by atoms with van der Waals surface area (Å²) in [6.45, 7) is 7.37. The molecule has 1 aromatic carbocycles. The monoisotopic (exact) mass is 485 g/mol. The summed E-state index contributed by atoms with van der Waals surface area (Å²) < 4.78 is 34.5. The molecule has 0 radical (unpaired) electrons. The van der Waals surface area contributed by atoms with Crippen molar-refractivity contribution >= 4 is 17.9 Å². The number of aliphatic hydroxyl groups excluding tert-OH is 1. The molecule has 3 unspecified atom stereocenters. The highest BCUT2D eigenvalue weighted by molar-refractivity contribution is 5.87. The van der Waals surface area contributed by atoms with Crippen LogP contribution in [0, 0.1) is 11.8 Å². The fourth-order valence-corrected chi connectivity index (χ4v) is 3.18. The van der Waals surface area contributed by atoms with Crippen LogP contribution in [0.3, 0.4) is 0 Å². The van der Waals surface area contributed by atoms with Crippen LogP contribution in [0.5, 0.6) is 0 Å². The lowest BCUT2D eigenvalue weighted by molar-refractivity contribution is -0.136. The van der Waals surface area contributed by atoms with E-state index in [-0.39, 0.29) is 37.2 Å². The van der Waals surface area contributed by atoms with Gasteiger partial charge in [-0.1, -0.05) is 58.0 Å². The number of hydrogen-bond donors (Lipinski definition) is 4. The fourth-order valence-electron chi connectivity index (χ4n) is 3.18. The number of carbonyl (C=O) groups excluding carboxylic acids is 3. The van der Waals surface area contributed by atoms with Crippen molar-refractivity contribution < 1.29 is 33.0 Å². The Labute approximate surface area is 199 Å². The van der Waals surface area contributed by atoms with Crippen molar-refractivity contribution in [3.8, 4) is 0 Å². The lowest BCUT2D eigenvalue weighted by Gasteiger charge is -2.31. The molecule has 0 aromatic heterocycles. The van der Waals surface area contributed by atoms with Crippen LogP contribution < -0.4 is 16.0 Å². The van der Waals surface area contributed by atoms with E-state index in [1.165, 1.54) is 6.92 Å². The molecule has 0 aliphatic heterocycles. The maximum absolute atomic E-state index is 14.7. The lowest BCUT2D eigenvalue weighted by atomic mass is 9.95. The number of ether oxygens (including phenoxy) is 1. The molecule has 0 fully saturated rings. The normalized spacial score (nSPS) is 14.3. The number of nitrogens with one attached hydrogen (secondary N) is 3. The summed E-state index contributed by atoms with van der Waals surface area (Å²) in [5.41, 5.74) is 0.723. The number of alkyl halides is 2. The summed E-state index contributed by atoms with van der Waals surface area (Å²) in [5.74, 6) is -4.95. The third kappa shape index (κ3) is 10.9. The van der Waals surface area contributed by atoms with Gasteiger partial charge in [-0.2, -0.15) is 0 Å². The number of alkyl carbamates (subject to hydrolysis) is 1. The Morgan fingerprint density at radius 1 is 1.00 bits per heavy atom. The Balaban J connectivity index is 2.68. The van der Waals surface area contributed by atoms with Crippen molar-refractivity contribution in [2.45, 2.75) is 78.2 Å². The number of amides is 3. The number of benzene rings is 1. The van der Waals surface area contributed by atoms with Crippen LogP contribution >= 0.6 is 0 Å². The molecule has 0 heterocycles. The largest absolute Gasteiger partial charge is 0.445 e. The molecular weight excluding hydrogens is 448 g/mol. The zero-order valence-electron chi connectivity index (χ0n) is 20.4. The van der Waals surface area contributed by atoms with E-state index in [0.717, 1.165) is 5.56 Å². The number of carbonyl (C=O) groups is 3. The molecule has 3 amide bonds. The van der Waals surface area contributed by atoms with Crippen molar-refractivity contribution in [1.82, 2.24) is 16.0 Å². The molecule has 0 spiro atoms. The summed E-state index contributed by atoms with van der Waals surface area (Å²) in [6, 6.07) is 6.52. The summed E-state index contributed by atoms with van der Waals surface area (Å²) in [7, 11) is 0. The van der Waals surface area contributed by atoms with Crippen molar-refractivity contribution in [2.75, 3.05) is 6.54 Å². The van der Waals surface area contributed by atoms with E-state index in [0.29, 0.717) is 0 Å². The second-order valence-electron chi connectivity index (χ2n) is 9.25. The van der Waals surface area contributed by atoms with Crippen LogP contribution in [0.15, 0.2) is 30.3 Å². The first-order chi connectivity index (χ1) is 15.8. The zero-order chi connectivity index (χ0) is 25.9. The molecule has 0 saturated heterocycles. The Hall–Kier alpha value is -2.75. The van der Waals surface area contributed by atoms with Gasteiger partial charge in [-0.05, 0) is 30.7 Å². The van der Waals surface area contributed by atoms with Gasteiger partial charge in [-0.3, -0.25) is 9.59 Å². The van der Waals surface area contributed by atoms with E-state index in [1.807, 2.05) is 13.8 Å². The second kappa shape index (κ2) is 13.8. The Bertz CT molecular complexity index is 790. The van der Waals surface area contributed by atoms with Gasteiger partial charge in [0.05, 0.1) is 12.6 Å². The minimum absolute atomic E-state index is 0.0516. The molecule has 8 nitrogen and oxygen atoms in total. The van der Waals surface area contributed by atoms with Crippen molar-refractivity contribution in [1.29, 1.82) is 0 Å². The first-order valence-corrected chi connectivity index (χ1v) is 11.4. The Morgan fingerprint density at radius 2 is 1.62 bits per heavy atom. The van der Waals surface area contributed by atoms with Gasteiger partial charge < -0.3 is 25.8 Å². The summed E-state index contributed by atoms with van der Waals surface area (Å²) in [5, 5.41) is 17.2. The first-order valence-electron chi connectivity index (χ1n) is 11.4. The summed E-state index contributed by atoms with van der Waals surface area (Å²) in [6.07, 6.45) is -2.94. The van der Waals surface area contributed by atoms with Gasteiger partial charge in [0.15, 0.2) is 0 Å². The van der Waals surface area contributed by atoms with Crippen LogP contribution in [0.1, 0.15) is 53.0 Å². The SMILES string of the molecule is CC(C)CC(=O)NC(C)C(=O)NCC(F)(F)C(O)C(CC(C)C)NC(=O)OCc1ccccc1. The molecule has 10 heteroatoms. The van der Waals surface area contributed by atoms with Gasteiger partial charge in [0.1, 0.15) is 18.8 Å². The first kappa shape index (κ1) is 29.3. The highest BCUT2D eigenvalue weighted by Gasteiger charge is 2.44. The van der Waals surface area contributed by atoms with E-state index in [9.17, 15) is 28.3 Å². The predicted octanol–water partition coefficient (Wildman–Crippen LogP) is 2.99. The number of rotatable bonds is 13. The van der Waals surface area contributed by atoms with Gasteiger partial charge in [0.2, 0.25) is 11.8 Å². The Kier molecular flexibility index (Phi) is 11.9. The number of halogens is 2. The smallest absolute Gasteiger partial charge is 0.407 e. The van der Waals surface area contributed by atoms with Crippen molar-refractivity contribution in [3.63, 3.8) is 0 Å². The average molecular weight is 486 g/mol. The van der Waals surface area contributed by atoms with E-state index < -0.39 is 42.7 Å². The minimum Gasteiger partial charge on any atom is -0.445 e. The van der Waals surface area contributed by atoms with E-state index in [1.54, 1.807) is 44.2 Å². The van der Waals surface area contributed by atoms with Crippen LogP contribution in [0.4, 0.5) is 13.6 Å². The highest BCUT2D eigenvalue weighted by Crippen LogP contribution is 2.24. The third-order valence-corrected chi connectivity index (χ3v) is 4.92. The van der Waals surface area contributed by atoms with Crippen LogP contribution in [-0.4, -0.2) is 53.7 Å². The maximum Gasteiger partial charge on any atom is 0.407 e. The van der Waals surface area contributed by atoms with E-state index in [2.05, 4.69) is 16.0 Å². The molecule has 192 valence electrons. The lowest BCUT2D eigenvalue weighted by Crippen LogP contribution is -2.57. The quantitative estimate of drug-likeness (QED) is 0.343. The van der Waals surface area contributed by atoms with Gasteiger partial charge in [0, 0.05) is 6.42 Å². The zero-order valence-corrected chi connectivity index (χ0v) is 20.4. The molecule has 4 N–H and O–H groups in total. The van der Waals surface area contributed by atoms with Crippen molar-refractivity contribution in [2.24, 2.45) is 11.8 Å². The fraction of sp³-hybridized carbons (Fsp3) is 0.625. The number of aliphatic hydroxyl groups is 1. The van der Waals surface area contributed by atoms with Gasteiger partial charge in [-0.15, -0.1) is 0 Å². The van der Waals surface area contributed by atoms with Crippen LogP contribution in [0.25, 0.3) is 0 Å². The van der Waals surface area contributed by atoms with Crippen LogP contribution in [-0.2, 0) is 20.9 Å². The molecular formula is C24H37F2N3O5. The van der Waals surface area contributed by atoms with E-state index in [4.69, 9.17) is 4.74 Å². The third-order valence-electron chi connectivity index (χ3n) is 4.92. The average Bonchev–Trinajstić information content (AvgIpc) is 2.74. The molecule has 1 aromatic rings. The van der Waals surface area contributed by atoms with Gasteiger partial charge >= 0.3 is 6.09 Å². The predicted molar refractivity (Wildman–Crippen MR) is 124 cm³/mol. The second-order valence-corrected chi connectivity index (χ2v) is 9.25. The molecule has 0 bridgehead atoms. The molecule has 34 heavy (non-hydrogen) atoms. The molecule has 1 rings (SSSR count). The topological polar surface area (TPSA) is 117 Å². The van der Waals surface area contributed by atoms with Gasteiger partial charge in [-0.25, -0.2) is 13.6 Å². The molecule has 3 atom stereocenters. The van der Waals surface area contributed by atoms with E-state index >= 15 is 0 Å². The highest BCUT2D eigenvalue weighted by atomic mass is 19.3.